The summed E-state index contributed by atoms with van der Waals surface area (Å²) in [5.74, 6) is -1.15. The van der Waals surface area contributed by atoms with E-state index in [1.54, 1.807) is 0 Å². The van der Waals surface area contributed by atoms with Crippen molar-refractivity contribution in [1.29, 1.82) is 0 Å². The van der Waals surface area contributed by atoms with E-state index in [-0.39, 0.29) is 5.75 Å². The van der Waals surface area contributed by atoms with Gasteiger partial charge in [-0.05, 0) is 13.3 Å². The molecule has 0 aliphatic rings. The lowest BCUT2D eigenvalue weighted by Gasteiger charge is -2.09. The van der Waals surface area contributed by atoms with Crippen molar-refractivity contribution in [2.75, 3.05) is 5.75 Å². The third kappa shape index (κ3) is 6.63. The summed E-state index contributed by atoms with van der Waals surface area (Å²) in [6, 6.07) is 0. The van der Waals surface area contributed by atoms with E-state index in [0.717, 1.165) is 25.7 Å². The first kappa shape index (κ1) is 16.4. The predicted molar refractivity (Wildman–Crippen MR) is 65.3 cm³/mol. The van der Waals surface area contributed by atoms with Gasteiger partial charge in [0.15, 0.2) is 15.1 Å². The van der Waals surface area contributed by atoms with Gasteiger partial charge in [0.25, 0.3) is 0 Å². The second-order valence-electron chi connectivity index (χ2n) is 4.19. The van der Waals surface area contributed by atoms with Gasteiger partial charge in [0, 0.05) is 0 Å². The molecule has 6 heteroatoms. The van der Waals surface area contributed by atoms with Gasteiger partial charge in [0.1, 0.15) is 0 Å². The fourth-order valence-electron chi connectivity index (χ4n) is 1.48. The normalized spacial score (nSPS) is 13.4. The zero-order valence-corrected chi connectivity index (χ0v) is 11.3. The molecule has 0 radical (unpaired) electrons. The summed E-state index contributed by atoms with van der Waals surface area (Å²) in [6.45, 7) is 3.34. The van der Waals surface area contributed by atoms with E-state index in [2.05, 4.69) is 11.8 Å². The van der Waals surface area contributed by atoms with Crippen molar-refractivity contribution in [1.82, 2.24) is 0 Å². The van der Waals surface area contributed by atoms with Gasteiger partial charge in [-0.1, -0.05) is 39.0 Å². The topological polar surface area (TPSA) is 80.7 Å². The Kier molecular flexibility index (Phi) is 8.16. The molecule has 0 heterocycles. The number of carbonyl (C=O) groups excluding carboxylic acids is 1. The van der Waals surface area contributed by atoms with Crippen LogP contribution in [0.25, 0.3) is 0 Å². The van der Waals surface area contributed by atoms with E-state index in [4.69, 9.17) is 5.26 Å². The number of hydrogen-bond donors (Lipinski definition) is 1. The van der Waals surface area contributed by atoms with E-state index in [1.165, 1.54) is 13.3 Å². The second-order valence-corrected chi connectivity index (χ2v) is 6.63. The lowest BCUT2D eigenvalue weighted by atomic mass is 10.1. The molecule has 0 rings (SSSR count). The number of sulfone groups is 1. The fourth-order valence-corrected chi connectivity index (χ4v) is 2.78. The van der Waals surface area contributed by atoms with Crippen molar-refractivity contribution in [2.24, 2.45) is 0 Å². The molecule has 0 aromatic heterocycles. The highest BCUT2D eigenvalue weighted by Crippen LogP contribution is 2.10. The highest BCUT2D eigenvalue weighted by atomic mass is 32.2. The van der Waals surface area contributed by atoms with E-state index >= 15 is 0 Å². The molecule has 0 aromatic rings. The first-order valence-electron chi connectivity index (χ1n) is 6.02. The maximum absolute atomic E-state index is 11.6. The minimum Gasteiger partial charge on any atom is -0.300 e. The quantitative estimate of drug-likeness (QED) is 0.393. The third-order valence-electron chi connectivity index (χ3n) is 2.74. The Morgan fingerprint density at radius 2 is 1.71 bits per heavy atom. The van der Waals surface area contributed by atoms with Crippen LogP contribution in [-0.2, 0) is 19.5 Å². The third-order valence-corrected chi connectivity index (χ3v) is 4.87. The fraction of sp³-hybridized carbons (Fsp3) is 0.909. The van der Waals surface area contributed by atoms with Crippen molar-refractivity contribution in [3.8, 4) is 0 Å². The van der Waals surface area contributed by atoms with Crippen molar-refractivity contribution in [2.45, 2.75) is 57.6 Å². The zero-order valence-electron chi connectivity index (χ0n) is 10.5. The Balaban J connectivity index is 3.90. The van der Waals surface area contributed by atoms with Crippen LogP contribution in [0.5, 0.6) is 0 Å². The molecule has 0 saturated heterocycles. The largest absolute Gasteiger partial charge is 0.359 e. The van der Waals surface area contributed by atoms with Crippen LogP contribution in [0, 0.1) is 0 Å². The van der Waals surface area contributed by atoms with Gasteiger partial charge in [0.05, 0.1) is 5.75 Å². The average molecular weight is 266 g/mol. The SMILES string of the molecule is CCCCCCCCS(=O)(=O)[C@@H](C)C(=O)OO. The van der Waals surface area contributed by atoms with Gasteiger partial charge in [-0.15, -0.1) is 0 Å². The summed E-state index contributed by atoms with van der Waals surface area (Å²) < 4.78 is 23.2. The zero-order chi connectivity index (χ0) is 13.3. The molecule has 0 aliphatic carbocycles. The Morgan fingerprint density at radius 1 is 1.18 bits per heavy atom. The first-order valence-corrected chi connectivity index (χ1v) is 7.74. The predicted octanol–water partition coefficient (Wildman–Crippen LogP) is 2.17. The number of rotatable bonds is 9. The Bertz CT molecular complexity index is 310. The number of unbranched alkanes of at least 4 members (excludes halogenated alkanes) is 5. The van der Waals surface area contributed by atoms with Gasteiger partial charge < -0.3 is 0 Å². The van der Waals surface area contributed by atoms with Crippen LogP contribution in [0.1, 0.15) is 52.4 Å². The number of carbonyl (C=O) groups is 1. The number of hydrogen-bond acceptors (Lipinski definition) is 5. The lowest BCUT2D eigenvalue weighted by molar-refractivity contribution is -0.233. The molecule has 0 aliphatic heterocycles. The lowest BCUT2D eigenvalue weighted by Crippen LogP contribution is -2.30. The van der Waals surface area contributed by atoms with Crippen LogP contribution >= 0.6 is 0 Å². The molecular formula is C11H22O5S. The first-order chi connectivity index (χ1) is 7.95. The van der Waals surface area contributed by atoms with Crippen LogP contribution in [-0.4, -0.2) is 30.6 Å². The molecule has 0 aromatic carbocycles. The van der Waals surface area contributed by atoms with Crippen LogP contribution in [0.4, 0.5) is 0 Å². The molecule has 17 heavy (non-hydrogen) atoms. The Morgan fingerprint density at radius 3 is 2.24 bits per heavy atom. The van der Waals surface area contributed by atoms with E-state index in [9.17, 15) is 13.2 Å². The average Bonchev–Trinajstić information content (AvgIpc) is 2.31. The maximum atomic E-state index is 11.6. The second kappa shape index (κ2) is 8.47. The molecule has 0 spiro atoms. The van der Waals surface area contributed by atoms with Gasteiger partial charge in [-0.2, -0.15) is 5.26 Å². The summed E-state index contributed by atoms with van der Waals surface area (Å²) in [4.78, 5) is 14.3. The van der Waals surface area contributed by atoms with E-state index in [0.29, 0.717) is 6.42 Å². The van der Waals surface area contributed by atoms with Crippen molar-refractivity contribution >= 4 is 15.8 Å². The molecule has 5 nitrogen and oxygen atoms in total. The van der Waals surface area contributed by atoms with Gasteiger partial charge in [0.2, 0.25) is 0 Å². The van der Waals surface area contributed by atoms with Crippen LogP contribution in [0.3, 0.4) is 0 Å². The molecule has 0 unspecified atom stereocenters. The molecule has 0 amide bonds. The molecule has 0 fully saturated rings. The van der Waals surface area contributed by atoms with E-state index in [1.807, 2.05) is 0 Å². The highest BCUT2D eigenvalue weighted by molar-refractivity contribution is 7.92. The van der Waals surface area contributed by atoms with Gasteiger partial charge in [-0.3, -0.25) is 4.89 Å². The highest BCUT2D eigenvalue weighted by Gasteiger charge is 2.29. The van der Waals surface area contributed by atoms with Crippen molar-refractivity contribution < 1.29 is 23.4 Å². The monoisotopic (exact) mass is 266 g/mol. The summed E-state index contributed by atoms with van der Waals surface area (Å²) in [5, 5.41) is 6.83. The molecule has 1 N–H and O–H groups in total. The molecule has 0 saturated carbocycles. The summed E-state index contributed by atoms with van der Waals surface area (Å²) in [7, 11) is -3.50. The molecular weight excluding hydrogens is 244 g/mol. The van der Waals surface area contributed by atoms with Crippen LogP contribution < -0.4 is 0 Å². The van der Waals surface area contributed by atoms with Gasteiger partial charge in [-0.25, -0.2) is 13.2 Å². The Labute approximate surface area is 103 Å². The molecule has 1 atom stereocenters. The standard InChI is InChI=1S/C11H22O5S/c1-3-4-5-6-7-8-9-17(14,15)10(2)11(12)16-13/h10,13H,3-9H2,1-2H3/t10-/m0/s1. The minimum atomic E-state index is -3.50. The molecule has 0 bridgehead atoms. The smallest absolute Gasteiger partial charge is 0.300 e. The summed E-state index contributed by atoms with van der Waals surface area (Å²) in [5.41, 5.74) is 0. The molecule has 102 valence electrons. The van der Waals surface area contributed by atoms with Crippen molar-refractivity contribution in [3.63, 3.8) is 0 Å². The van der Waals surface area contributed by atoms with Gasteiger partial charge >= 0.3 is 5.97 Å². The summed E-state index contributed by atoms with van der Waals surface area (Å²) >= 11 is 0. The Hall–Kier alpha value is -0.620. The van der Waals surface area contributed by atoms with Crippen LogP contribution in [0.2, 0.25) is 0 Å². The minimum absolute atomic E-state index is 0.0323. The summed E-state index contributed by atoms with van der Waals surface area (Å²) in [6.07, 6.45) is 5.85. The van der Waals surface area contributed by atoms with E-state index < -0.39 is 21.1 Å². The van der Waals surface area contributed by atoms with Crippen molar-refractivity contribution in [3.05, 3.63) is 0 Å². The van der Waals surface area contributed by atoms with Crippen LogP contribution in [0.15, 0.2) is 0 Å². The maximum Gasteiger partial charge on any atom is 0.359 e.